The molecule has 0 N–H and O–H groups in total. The Balaban J connectivity index is 1.16. The summed E-state index contributed by atoms with van der Waals surface area (Å²) in [5.41, 5.74) is 0.821. The number of hydrogen-bond acceptors (Lipinski definition) is 5. The molecule has 5 fully saturated rings. The van der Waals surface area contributed by atoms with Crippen LogP contribution in [0.2, 0.25) is 0 Å². The van der Waals surface area contributed by atoms with E-state index in [9.17, 15) is 9.59 Å². The Labute approximate surface area is 189 Å². The van der Waals surface area contributed by atoms with E-state index in [0.717, 1.165) is 51.9 Å². The van der Waals surface area contributed by atoms with E-state index in [1.165, 1.54) is 12.1 Å². The van der Waals surface area contributed by atoms with Crippen molar-refractivity contribution in [3.05, 3.63) is 34.2 Å². The Morgan fingerprint density at radius 1 is 1.09 bits per heavy atom. The van der Waals surface area contributed by atoms with Crippen molar-refractivity contribution in [2.45, 2.75) is 75.7 Å². The third-order valence-corrected chi connectivity index (χ3v) is 10.1. The highest BCUT2D eigenvalue weighted by Gasteiger charge is 2.77. The first-order valence-corrected chi connectivity index (χ1v) is 12.7. The van der Waals surface area contributed by atoms with Crippen LogP contribution >= 0.6 is 0 Å². The van der Waals surface area contributed by atoms with Crippen LogP contribution in [0.15, 0.2) is 23.0 Å². The first kappa shape index (κ1) is 19.8. The van der Waals surface area contributed by atoms with Crippen molar-refractivity contribution in [1.29, 1.82) is 0 Å². The Hall–Kier alpha value is -1.66. The maximum absolute atomic E-state index is 13.4. The average molecular weight is 439 g/mol. The maximum atomic E-state index is 13.4. The molecular weight excluding hydrogens is 404 g/mol. The first-order valence-electron chi connectivity index (χ1n) is 12.7. The average Bonchev–Trinajstić information content (AvgIpc) is 3.39. The molecule has 2 aliphatic carbocycles. The van der Waals surface area contributed by atoms with Gasteiger partial charge in [-0.15, -0.1) is 0 Å². The van der Waals surface area contributed by atoms with E-state index in [4.69, 9.17) is 9.47 Å². The van der Waals surface area contributed by atoms with Crippen LogP contribution in [0, 0.1) is 29.6 Å². The van der Waals surface area contributed by atoms with Gasteiger partial charge in [0.25, 0.3) is 5.56 Å². The van der Waals surface area contributed by atoms with Gasteiger partial charge in [0.2, 0.25) is 0 Å². The monoisotopic (exact) mass is 438 g/mol. The van der Waals surface area contributed by atoms with Gasteiger partial charge in [-0.3, -0.25) is 9.59 Å². The van der Waals surface area contributed by atoms with Crippen molar-refractivity contribution < 1.29 is 14.3 Å². The van der Waals surface area contributed by atoms with Crippen LogP contribution in [-0.4, -0.2) is 52.4 Å². The van der Waals surface area contributed by atoms with E-state index in [2.05, 4.69) is 24.8 Å². The molecule has 9 atom stereocenters. The molecule has 5 heterocycles. The van der Waals surface area contributed by atoms with Gasteiger partial charge in [0.1, 0.15) is 11.7 Å². The molecule has 0 radical (unpaired) electrons. The number of nitrogens with zero attached hydrogens (tertiary/aromatic N) is 2. The molecule has 0 amide bonds. The van der Waals surface area contributed by atoms with Crippen LogP contribution < -0.4 is 5.56 Å². The Kier molecular flexibility index (Phi) is 4.00. The lowest BCUT2D eigenvalue weighted by atomic mass is 9.55. The molecule has 6 nitrogen and oxygen atoms in total. The number of carbonyl (C=O) groups is 1. The number of rotatable bonds is 2. The molecule has 7 rings (SSSR count). The summed E-state index contributed by atoms with van der Waals surface area (Å²) in [7, 11) is 0. The third kappa shape index (κ3) is 2.54. The fraction of sp³-hybridized carbons (Fsp3) is 0.769. The number of esters is 1. The molecule has 0 aromatic carbocycles. The quantitative estimate of drug-likeness (QED) is 0.525. The second-order valence-corrected chi connectivity index (χ2v) is 11.9. The van der Waals surface area contributed by atoms with E-state index in [1.807, 2.05) is 10.6 Å². The molecule has 3 saturated heterocycles. The van der Waals surface area contributed by atoms with Gasteiger partial charge in [-0.05, 0) is 56.9 Å². The van der Waals surface area contributed by atoms with Crippen LogP contribution in [0.4, 0.5) is 0 Å². The Morgan fingerprint density at radius 3 is 2.84 bits per heavy atom. The minimum Gasteiger partial charge on any atom is -0.455 e. The van der Waals surface area contributed by atoms with Gasteiger partial charge in [-0.1, -0.05) is 13.0 Å². The number of likely N-dealkylation sites (tertiary alicyclic amines) is 1. The summed E-state index contributed by atoms with van der Waals surface area (Å²) < 4.78 is 14.7. The smallest absolute Gasteiger partial charge is 0.311 e. The van der Waals surface area contributed by atoms with Crippen LogP contribution in [0.25, 0.3) is 0 Å². The number of pyridine rings is 1. The maximum Gasteiger partial charge on any atom is 0.311 e. The molecule has 6 aliphatic rings. The SMILES string of the molecule is CC1CCC2C(CN3CC4CC(C3)c3cccc(=O)n3C4)C(=O)OC23C1CCC1(C)OC13. The van der Waals surface area contributed by atoms with Gasteiger partial charge < -0.3 is 18.9 Å². The summed E-state index contributed by atoms with van der Waals surface area (Å²) >= 11 is 0. The number of carbonyl (C=O) groups excluding carboxylic acids is 1. The van der Waals surface area contributed by atoms with Crippen LogP contribution in [0.1, 0.15) is 57.6 Å². The molecule has 6 heteroatoms. The molecule has 9 unspecified atom stereocenters. The molecule has 2 bridgehead atoms. The number of piperidine rings is 1. The predicted octanol–water partition coefficient (Wildman–Crippen LogP) is 2.79. The summed E-state index contributed by atoms with van der Waals surface area (Å²) in [6, 6.07) is 5.68. The highest BCUT2D eigenvalue weighted by Crippen LogP contribution is 2.66. The lowest BCUT2D eigenvalue weighted by Crippen LogP contribution is -2.58. The molecule has 1 aromatic heterocycles. The normalized spacial score (nSPS) is 48.8. The molecule has 1 aromatic rings. The van der Waals surface area contributed by atoms with E-state index in [-0.39, 0.29) is 35.1 Å². The van der Waals surface area contributed by atoms with Gasteiger partial charge in [0.05, 0.1) is 11.5 Å². The van der Waals surface area contributed by atoms with Crippen LogP contribution in [0.3, 0.4) is 0 Å². The number of aromatic nitrogens is 1. The molecule has 2 saturated carbocycles. The summed E-state index contributed by atoms with van der Waals surface area (Å²) in [5, 5.41) is 0. The molecule has 1 spiro atoms. The second-order valence-electron chi connectivity index (χ2n) is 11.9. The summed E-state index contributed by atoms with van der Waals surface area (Å²) in [5.74, 6) is 2.14. The van der Waals surface area contributed by atoms with Crippen molar-refractivity contribution in [2.24, 2.45) is 29.6 Å². The van der Waals surface area contributed by atoms with Gasteiger partial charge in [0, 0.05) is 55.7 Å². The standard InChI is InChI=1S/C26H34N2O4/c1-15-6-7-20-18(23(30)31-26(20)19(15)8-9-25(2)24(26)32-25)14-27-11-16-10-17(13-27)21-4-3-5-22(29)28(21)12-16/h3-5,15-20,24H,6-14H2,1-2H3. The van der Waals surface area contributed by atoms with E-state index in [0.29, 0.717) is 23.7 Å². The fourth-order valence-electron chi connectivity index (χ4n) is 8.68. The molecule has 4 aliphatic heterocycles. The van der Waals surface area contributed by atoms with E-state index >= 15 is 0 Å². The zero-order valence-corrected chi connectivity index (χ0v) is 19.2. The Bertz CT molecular complexity index is 1040. The van der Waals surface area contributed by atoms with Crippen molar-refractivity contribution in [3.63, 3.8) is 0 Å². The summed E-state index contributed by atoms with van der Waals surface area (Å²) in [6.07, 6.45) is 5.71. The number of epoxide rings is 1. The van der Waals surface area contributed by atoms with Gasteiger partial charge in [-0.25, -0.2) is 0 Å². The van der Waals surface area contributed by atoms with Crippen molar-refractivity contribution >= 4 is 5.97 Å². The largest absolute Gasteiger partial charge is 0.455 e. The lowest BCUT2D eigenvalue weighted by molar-refractivity contribution is -0.168. The van der Waals surface area contributed by atoms with E-state index < -0.39 is 5.60 Å². The second kappa shape index (κ2) is 6.47. The van der Waals surface area contributed by atoms with Crippen molar-refractivity contribution in [1.82, 2.24) is 9.47 Å². The molecular formula is C26H34N2O4. The van der Waals surface area contributed by atoms with Gasteiger partial charge in [-0.2, -0.15) is 0 Å². The minimum absolute atomic E-state index is 0.0150. The summed E-state index contributed by atoms with van der Waals surface area (Å²) in [6.45, 7) is 8.06. The highest BCUT2D eigenvalue weighted by molar-refractivity contribution is 5.77. The van der Waals surface area contributed by atoms with Gasteiger partial charge in [0.15, 0.2) is 0 Å². The topological polar surface area (TPSA) is 64.1 Å². The fourth-order valence-corrected chi connectivity index (χ4v) is 8.68. The first-order chi connectivity index (χ1) is 15.4. The minimum atomic E-state index is -0.391. The third-order valence-electron chi connectivity index (χ3n) is 10.1. The van der Waals surface area contributed by atoms with Crippen LogP contribution in [0.5, 0.6) is 0 Å². The van der Waals surface area contributed by atoms with Crippen LogP contribution in [-0.2, 0) is 20.8 Å². The molecule has 32 heavy (non-hydrogen) atoms. The van der Waals surface area contributed by atoms with Gasteiger partial charge >= 0.3 is 5.97 Å². The van der Waals surface area contributed by atoms with E-state index in [1.54, 1.807) is 6.07 Å². The predicted molar refractivity (Wildman–Crippen MR) is 118 cm³/mol. The number of ether oxygens (including phenoxy) is 2. The molecule has 172 valence electrons. The highest BCUT2D eigenvalue weighted by atomic mass is 16.7. The number of fused-ring (bicyclic) bond motifs is 5. The number of hydrogen-bond donors (Lipinski definition) is 0. The van der Waals surface area contributed by atoms with Crippen molar-refractivity contribution in [2.75, 3.05) is 19.6 Å². The lowest BCUT2D eigenvalue weighted by Gasteiger charge is -2.50. The zero-order valence-electron chi connectivity index (χ0n) is 19.2. The zero-order chi connectivity index (χ0) is 21.8. The van der Waals surface area contributed by atoms with Crippen molar-refractivity contribution in [3.8, 4) is 0 Å². The summed E-state index contributed by atoms with van der Waals surface area (Å²) in [4.78, 5) is 28.2. The Morgan fingerprint density at radius 2 is 1.97 bits per heavy atom.